The highest BCUT2D eigenvalue weighted by Gasteiger charge is 2.23. The number of rotatable bonds is 4. The number of hydrogen-bond acceptors (Lipinski definition) is 4. The van der Waals surface area contributed by atoms with E-state index >= 15 is 0 Å². The third kappa shape index (κ3) is 3.16. The van der Waals surface area contributed by atoms with E-state index in [1.54, 1.807) is 0 Å². The Bertz CT molecular complexity index is 641. The lowest BCUT2D eigenvalue weighted by Gasteiger charge is -2.27. The molecule has 0 unspecified atom stereocenters. The zero-order chi connectivity index (χ0) is 14.8. The van der Waals surface area contributed by atoms with Crippen molar-refractivity contribution in [1.82, 2.24) is 15.0 Å². The van der Waals surface area contributed by atoms with Gasteiger partial charge in [0.25, 0.3) is 0 Å². The molecule has 0 radical (unpaired) electrons. The second-order valence-corrected chi connectivity index (χ2v) is 5.93. The summed E-state index contributed by atoms with van der Waals surface area (Å²) < 4.78 is 5.55. The second-order valence-electron chi connectivity index (χ2n) is 5.59. The van der Waals surface area contributed by atoms with Crippen LogP contribution in [-0.2, 0) is 0 Å². The van der Waals surface area contributed by atoms with Gasteiger partial charge in [0, 0.05) is 5.56 Å². The van der Waals surface area contributed by atoms with Crippen molar-refractivity contribution in [2.75, 3.05) is 0 Å². The van der Waals surface area contributed by atoms with Gasteiger partial charge in [-0.15, -0.1) is 0 Å². The Morgan fingerprint density at radius 3 is 2.57 bits per heavy atom. The van der Waals surface area contributed by atoms with Crippen LogP contribution < -0.4 is 4.74 Å². The molecule has 1 aliphatic rings. The summed E-state index contributed by atoms with van der Waals surface area (Å²) >= 11 is 6.02. The quantitative estimate of drug-likeness (QED) is 0.847. The molecule has 1 aromatic carbocycles. The molecule has 4 nitrogen and oxygen atoms in total. The molecule has 1 saturated carbocycles. The Hall–Kier alpha value is -1.68. The van der Waals surface area contributed by atoms with Gasteiger partial charge in [-0.1, -0.05) is 30.7 Å². The molecular formula is C16H18ClN3O. The van der Waals surface area contributed by atoms with Gasteiger partial charge in [0.1, 0.15) is 0 Å². The average Bonchev–Trinajstić information content (AvgIpc) is 2.35. The van der Waals surface area contributed by atoms with E-state index in [9.17, 15) is 0 Å². The van der Waals surface area contributed by atoms with Crippen LogP contribution in [0.15, 0.2) is 24.3 Å². The minimum atomic E-state index is -0.00167. The predicted molar refractivity (Wildman–Crippen MR) is 82.6 cm³/mol. The second kappa shape index (κ2) is 5.98. The Morgan fingerprint density at radius 1 is 1.14 bits per heavy atom. The van der Waals surface area contributed by atoms with Crippen molar-refractivity contribution in [3.8, 4) is 17.4 Å². The Labute approximate surface area is 129 Å². The summed E-state index contributed by atoms with van der Waals surface area (Å²) in [7, 11) is 0. The summed E-state index contributed by atoms with van der Waals surface area (Å²) in [5.74, 6) is 1.19. The highest BCUT2D eigenvalue weighted by molar-refractivity contribution is 6.28. The lowest BCUT2D eigenvalue weighted by atomic mass is 9.78. The number of nitrogens with zero attached hydrogens (tertiary/aromatic N) is 3. The molecule has 0 amide bonds. The summed E-state index contributed by atoms with van der Waals surface area (Å²) in [5.41, 5.74) is 2.32. The van der Waals surface area contributed by atoms with Crippen molar-refractivity contribution in [3.63, 3.8) is 0 Å². The molecule has 0 atom stereocenters. The van der Waals surface area contributed by atoms with Crippen LogP contribution in [0.25, 0.3) is 11.4 Å². The minimum Gasteiger partial charge on any atom is -0.461 e. The number of halogens is 1. The molecule has 1 heterocycles. The first-order valence-corrected chi connectivity index (χ1v) is 7.69. The molecule has 110 valence electrons. The van der Waals surface area contributed by atoms with Gasteiger partial charge in [0.05, 0.1) is 6.10 Å². The number of hydrogen-bond donors (Lipinski definition) is 0. The number of ether oxygens (including phenoxy) is 1. The van der Waals surface area contributed by atoms with Gasteiger partial charge in [-0.25, -0.2) is 0 Å². The fourth-order valence-corrected chi connectivity index (χ4v) is 2.64. The fourth-order valence-electron chi connectivity index (χ4n) is 2.49. The van der Waals surface area contributed by atoms with Crippen LogP contribution in [0.5, 0.6) is 6.01 Å². The van der Waals surface area contributed by atoms with Crippen LogP contribution in [0.2, 0.25) is 5.28 Å². The van der Waals surface area contributed by atoms with Crippen molar-refractivity contribution in [2.24, 2.45) is 0 Å². The maximum atomic E-state index is 6.02. The Morgan fingerprint density at radius 2 is 1.90 bits per heavy atom. The first-order chi connectivity index (χ1) is 10.1. The normalized spacial score (nSPS) is 15.0. The van der Waals surface area contributed by atoms with E-state index in [4.69, 9.17) is 16.3 Å². The average molecular weight is 304 g/mol. The molecule has 21 heavy (non-hydrogen) atoms. The van der Waals surface area contributed by atoms with Crippen molar-refractivity contribution in [1.29, 1.82) is 0 Å². The van der Waals surface area contributed by atoms with Crippen LogP contribution in [0.1, 0.15) is 44.6 Å². The molecule has 2 aromatic rings. The van der Waals surface area contributed by atoms with E-state index in [2.05, 4.69) is 27.1 Å². The molecule has 0 N–H and O–H groups in total. The van der Waals surface area contributed by atoms with E-state index in [-0.39, 0.29) is 17.4 Å². The largest absolute Gasteiger partial charge is 0.461 e. The van der Waals surface area contributed by atoms with E-state index < -0.39 is 0 Å². The predicted octanol–water partition coefficient (Wildman–Crippen LogP) is 4.25. The van der Waals surface area contributed by atoms with E-state index in [1.807, 2.05) is 26.0 Å². The van der Waals surface area contributed by atoms with Gasteiger partial charge in [-0.05, 0) is 49.8 Å². The first kappa shape index (κ1) is 14.3. The smallest absolute Gasteiger partial charge is 0.321 e. The van der Waals surface area contributed by atoms with Crippen molar-refractivity contribution >= 4 is 11.6 Å². The van der Waals surface area contributed by atoms with Crippen LogP contribution in [-0.4, -0.2) is 21.1 Å². The van der Waals surface area contributed by atoms with Gasteiger partial charge >= 0.3 is 6.01 Å². The molecule has 0 aliphatic heterocycles. The third-order valence-corrected chi connectivity index (χ3v) is 3.84. The maximum Gasteiger partial charge on any atom is 0.321 e. The summed E-state index contributed by atoms with van der Waals surface area (Å²) in [6.07, 6.45) is 3.74. The monoisotopic (exact) mass is 303 g/mol. The van der Waals surface area contributed by atoms with Crippen LogP contribution in [0.3, 0.4) is 0 Å². The van der Waals surface area contributed by atoms with Crippen LogP contribution in [0, 0.1) is 0 Å². The van der Waals surface area contributed by atoms with Gasteiger partial charge in [0.15, 0.2) is 5.82 Å². The number of aromatic nitrogens is 3. The van der Waals surface area contributed by atoms with Crippen LogP contribution in [0.4, 0.5) is 0 Å². The van der Waals surface area contributed by atoms with E-state index in [1.165, 1.54) is 24.8 Å². The Kier molecular flexibility index (Phi) is 4.06. The minimum absolute atomic E-state index is 0.00167. The van der Waals surface area contributed by atoms with Crippen molar-refractivity contribution < 1.29 is 4.74 Å². The summed E-state index contributed by atoms with van der Waals surface area (Å²) in [4.78, 5) is 12.7. The summed E-state index contributed by atoms with van der Waals surface area (Å²) in [6, 6.07) is 8.53. The lowest BCUT2D eigenvalue weighted by Crippen LogP contribution is -2.12. The van der Waals surface area contributed by atoms with Gasteiger partial charge < -0.3 is 4.74 Å². The molecule has 0 saturated heterocycles. The zero-order valence-electron chi connectivity index (χ0n) is 12.2. The lowest BCUT2D eigenvalue weighted by molar-refractivity contribution is 0.222. The molecule has 1 aliphatic carbocycles. The highest BCUT2D eigenvalue weighted by Crippen LogP contribution is 2.40. The van der Waals surface area contributed by atoms with Gasteiger partial charge in [-0.2, -0.15) is 15.0 Å². The van der Waals surface area contributed by atoms with E-state index in [0.29, 0.717) is 11.7 Å². The zero-order valence-corrected chi connectivity index (χ0v) is 13.0. The van der Waals surface area contributed by atoms with Gasteiger partial charge in [-0.3, -0.25) is 0 Å². The molecule has 0 spiro atoms. The first-order valence-electron chi connectivity index (χ1n) is 7.31. The molecule has 0 bridgehead atoms. The SMILES string of the molecule is CC(C)Oc1nc(Cl)nc(-c2ccccc2C2CCC2)n1. The van der Waals surface area contributed by atoms with E-state index in [0.717, 1.165) is 5.56 Å². The third-order valence-electron chi connectivity index (χ3n) is 3.68. The molecule has 1 fully saturated rings. The van der Waals surface area contributed by atoms with Crippen LogP contribution >= 0.6 is 11.6 Å². The van der Waals surface area contributed by atoms with Crippen molar-refractivity contribution in [3.05, 3.63) is 35.1 Å². The molecule has 3 rings (SSSR count). The fraction of sp³-hybridized carbons (Fsp3) is 0.438. The standard InChI is InChI=1S/C16H18ClN3O/c1-10(2)21-16-19-14(18-15(17)20-16)13-9-4-3-8-12(13)11-6-5-7-11/h3-4,8-11H,5-7H2,1-2H3. The molecule has 5 heteroatoms. The van der Waals surface area contributed by atoms with Gasteiger partial charge in [0.2, 0.25) is 5.28 Å². The summed E-state index contributed by atoms with van der Waals surface area (Å²) in [6.45, 7) is 3.86. The highest BCUT2D eigenvalue weighted by atomic mass is 35.5. The molecular weight excluding hydrogens is 286 g/mol. The number of benzene rings is 1. The molecule has 1 aromatic heterocycles. The topological polar surface area (TPSA) is 47.9 Å². The Balaban J connectivity index is 2.01. The summed E-state index contributed by atoms with van der Waals surface area (Å²) in [5, 5.41) is 0.166. The maximum absolute atomic E-state index is 6.02. The van der Waals surface area contributed by atoms with Crippen molar-refractivity contribution in [2.45, 2.75) is 45.1 Å².